The number of rotatable bonds is 3. The van der Waals surface area contributed by atoms with Crippen molar-refractivity contribution in [1.82, 2.24) is 4.90 Å². The summed E-state index contributed by atoms with van der Waals surface area (Å²) in [5.74, 6) is -0.905. The predicted octanol–water partition coefficient (Wildman–Crippen LogP) is 3.14. The lowest BCUT2D eigenvalue weighted by molar-refractivity contribution is -0.145. The van der Waals surface area contributed by atoms with Gasteiger partial charge in [0.1, 0.15) is 0 Å². The Hall–Kier alpha value is -1.30. The van der Waals surface area contributed by atoms with Crippen LogP contribution in [-0.2, 0) is 9.59 Å². The standard InChI is InChI=1S/C17H20Cl2N2O3/c1-10-6-11(17(23)24)9-20(8-10)15-4-5-21(16(15)22)12-2-3-13(18)14(19)7-12/h2-3,7,10-11,15H,4-6,8-9H2,1H3,(H,23,24). The average molecular weight is 371 g/mol. The molecule has 0 radical (unpaired) electrons. The SMILES string of the molecule is CC1CC(C(=O)O)CN(C2CCN(c3ccc(Cl)c(Cl)c3)C2=O)C1. The van der Waals surface area contributed by atoms with Crippen molar-refractivity contribution in [3.8, 4) is 0 Å². The van der Waals surface area contributed by atoms with Gasteiger partial charge in [0.15, 0.2) is 0 Å². The number of carboxylic acids is 1. The molecule has 2 aliphatic rings. The number of nitrogens with zero attached hydrogens (tertiary/aromatic N) is 2. The molecule has 2 heterocycles. The molecule has 24 heavy (non-hydrogen) atoms. The number of halogens is 2. The molecule has 0 bridgehead atoms. The second kappa shape index (κ2) is 6.90. The highest BCUT2D eigenvalue weighted by molar-refractivity contribution is 6.42. The number of carbonyl (C=O) groups is 2. The molecule has 1 N–H and O–H groups in total. The fraction of sp³-hybridized carbons (Fsp3) is 0.529. The van der Waals surface area contributed by atoms with E-state index in [2.05, 4.69) is 0 Å². The minimum atomic E-state index is -0.779. The summed E-state index contributed by atoms with van der Waals surface area (Å²) in [4.78, 5) is 27.9. The van der Waals surface area contributed by atoms with Crippen LogP contribution in [0.4, 0.5) is 5.69 Å². The quantitative estimate of drug-likeness (QED) is 0.887. The number of anilines is 1. The van der Waals surface area contributed by atoms with Crippen molar-refractivity contribution in [3.05, 3.63) is 28.2 Å². The van der Waals surface area contributed by atoms with E-state index in [4.69, 9.17) is 23.2 Å². The molecule has 2 aliphatic heterocycles. The molecule has 0 aromatic heterocycles. The summed E-state index contributed by atoms with van der Waals surface area (Å²) in [5, 5.41) is 10.2. The highest BCUT2D eigenvalue weighted by Crippen LogP contribution is 2.32. The van der Waals surface area contributed by atoms with Crippen LogP contribution in [0.3, 0.4) is 0 Å². The number of aliphatic carboxylic acids is 1. The van der Waals surface area contributed by atoms with Crippen LogP contribution in [0.5, 0.6) is 0 Å². The van der Waals surface area contributed by atoms with Gasteiger partial charge in [-0.2, -0.15) is 0 Å². The predicted molar refractivity (Wildman–Crippen MR) is 93.7 cm³/mol. The second-order valence-electron chi connectivity index (χ2n) is 6.72. The van der Waals surface area contributed by atoms with Gasteiger partial charge in [0.2, 0.25) is 5.91 Å². The first-order valence-electron chi connectivity index (χ1n) is 8.10. The highest BCUT2D eigenvalue weighted by Gasteiger charge is 2.41. The number of hydrogen-bond donors (Lipinski definition) is 1. The number of likely N-dealkylation sites (tertiary alicyclic amines) is 1. The number of piperidine rings is 1. The zero-order chi connectivity index (χ0) is 17.4. The molecule has 1 aromatic rings. The van der Waals surface area contributed by atoms with E-state index >= 15 is 0 Å². The largest absolute Gasteiger partial charge is 0.481 e. The smallest absolute Gasteiger partial charge is 0.307 e. The van der Waals surface area contributed by atoms with Gasteiger partial charge >= 0.3 is 5.97 Å². The molecule has 0 spiro atoms. The molecular formula is C17H20Cl2N2O3. The second-order valence-corrected chi connectivity index (χ2v) is 7.54. The van der Waals surface area contributed by atoms with Crippen molar-refractivity contribution in [3.63, 3.8) is 0 Å². The molecule has 1 amide bonds. The Labute approximate surface area is 151 Å². The van der Waals surface area contributed by atoms with Gasteiger partial charge in [-0.1, -0.05) is 30.1 Å². The summed E-state index contributed by atoms with van der Waals surface area (Å²) in [7, 11) is 0. The monoisotopic (exact) mass is 370 g/mol. The first-order valence-corrected chi connectivity index (χ1v) is 8.85. The molecule has 2 fully saturated rings. The van der Waals surface area contributed by atoms with Gasteiger partial charge in [-0.15, -0.1) is 0 Å². The van der Waals surface area contributed by atoms with E-state index in [1.165, 1.54) is 0 Å². The number of amides is 1. The minimum absolute atomic E-state index is 0.00614. The number of carbonyl (C=O) groups excluding carboxylic acids is 1. The normalized spacial score (nSPS) is 28.4. The van der Waals surface area contributed by atoms with Gasteiger partial charge in [0.25, 0.3) is 0 Å². The zero-order valence-corrected chi connectivity index (χ0v) is 14.9. The Kier molecular flexibility index (Phi) is 5.04. The van der Waals surface area contributed by atoms with Gasteiger partial charge in [0.05, 0.1) is 22.0 Å². The van der Waals surface area contributed by atoms with Gasteiger partial charge in [-0.05, 0) is 37.0 Å². The molecule has 0 saturated carbocycles. The van der Waals surface area contributed by atoms with Crippen molar-refractivity contribution in [2.24, 2.45) is 11.8 Å². The maximum Gasteiger partial charge on any atom is 0.307 e. The molecule has 1 aromatic carbocycles. The fourth-order valence-corrected chi connectivity index (χ4v) is 4.03. The number of benzene rings is 1. The summed E-state index contributed by atoms with van der Waals surface area (Å²) < 4.78 is 0. The van der Waals surface area contributed by atoms with Crippen molar-refractivity contribution in [2.75, 3.05) is 24.5 Å². The van der Waals surface area contributed by atoms with E-state index in [1.807, 2.05) is 11.8 Å². The van der Waals surface area contributed by atoms with E-state index < -0.39 is 11.9 Å². The Bertz CT molecular complexity index is 667. The van der Waals surface area contributed by atoms with E-state index in [0.717, 1.165) is 12.2 Å². The van der Waals surface area contributed by atoms with E-state index in [0.29, 0.717) is 36.0 Å². The fourth-order valence-electron chi connectivity index (χ4n) is 3.74. The summed E-state index contributed by atoms with van der Waals surface area (Å²) in [6, 6.07) is 4.91. The van der Waals surface area contributed by atoms with E-state index in [1.54, 1.807) is 23.1 Å². The minimum Gasteiger partial charge on any atom is -0.481 e. The van der Waals surface area contributed by atoms with Crippen LogP contribution in [-0.4, -0.2) is 47.6 Å². The van der Waals surface area contributed by atoms with Crippen LogP contribution < -0.4 is 4.90 Å². The van der Waals surface area contributed by atoms with Crippen LogP contribution in [0.25, 0.3) is 0 Å². The number of carboxylic acid groups (broad SMARTS) is 1. The van der Waals surface area contributed by atoms with Crippen LogP contribution in [0.1, 0.15) is 19.8 Å². The topological polar surface area (TPSA) is 60.9 Å². The summed E-state index contributed by atoms with van der Waals surface area (Å²) >= 11 is 12.0. The third-order valence-electron chi connectivity index (χ3n) is 4.87. The first kappa shape index (κ1) is 17.5. The molecule has 2 saturated heterocycles. The molecule has 0 aliphatic carbocycles. The van der Waals surface area contributed by atoms with Crippen molar-refractivity contribution in [2.45, 2.75) is 25.8 Å². The molecule has 130 valence electrons. The molecule has 5 nitrogen and oxygen atoms in total. The van der Waals surface area contributed by atoms with Crippen molar-refractivity contribution in [1.29, 1.82) is 0 Å². The van der Waals surface area contributed by atoms with Gasteiger partial charge in [0, 0.05) is 25.3 Å². The third-order valence-corrected chi connectivity index (χ3v) is 5.61. The Balaban J connectivity index is 1.75. The van der Waals surface area contributed by atoms with Gasteiger partial charge < -0.3 is 10.0 Å². The Morgan fingerprint density at radius 3 is 2.67 bits per heavy atom. The lowest BCUT2D eigenvalue weighted by Gasteiger charge is -2.37. The van der Waals surface area contributed by atoms with Crippen LogP contribution in [0, 0.1) is 11.8 Å². The van der Waals surface area contributed by atoms with Crippen LogP contribution >= 0.6 is 23.2 Å². The lowest BCUT2D eigenvalue weighted by Crippen LogP contribution is -2.50. The molecule has 3 atom stereocenters. The van der Waals surface area contributed by atoms with E-state index in [-0.39, 0.29) is 17.9 Å². The first-order chi connectivity index (χ1) is 11.4. The molecular weight excluding hydrogens is 351 g/mol. The summed E-state index contributed by atoms with van der Waals surface area (Å²) in [6.07, 6.45) is 1.36. The van der Waals surface area contributed by atoms with Crippen molar-refractivity contribution >= 4 is 40.8 Å². The summed E-state index contributed by atoms with van der Waals surface area (Å²) in [5.41, 5.74) is 0.733. The van der Waals surface area contributed by atoms with Gasteiger partial charge in [-0.25, -0.2) is 0 Å². The molecule has 3 unspecified atom stereocenters. The summed E-state index contributed by atoms with van der Waals surface area (Å²) in [6.45, 7) is 3.84. The maximum atomic E-state index is 12.8. The zero-order valence-electron chi connectivity index (χ0n) is 13.4. The maximum absolute atomic E-state index is 12.8. The average Bonchev–Trinajstić information content (AvgIpc) is 2.91. The Morgan fingerprint density at radius 1 is 1.25 bits per heavy atom. The molecule has 7 heteroatoms. The van der Waals surface area contributed by atoms with E-state index in [9.17, 15) is 14.7 Å². The highest BCUT2D eigenvalue weighted by atomic mass is 35.5. The lowest BCUT2D eigenvalue weighted by atomic mass is 9.89. The van der Waals surface area contributed by atoms with Crippen LogP contribution in [0.2, 0.25) is 10.0 Å². The van der Waals surface area contributed by atoms with Crippen molar-refractivity contribution < 1.29 is 14.7 Å². The van der Waals surface area contributed by atoms with Crippen LogP contribution in [0.15, 0.2) is 18.2 Å². The third kappa shape index (κ3) is 3.39. The Morgan fingerprint density at radius 2 is 2.00 bits per heavy atom. The molecule has 3 rings (SSSR count). The number of hydrogen-bond acceptors (Lipinski definition) is 3. The van der Waals surface area contributed by atoms with Gasteiger partial charge in [-0.3, -0.25) is 14.5 Å².